The van der Waals surface area contributed by atoms with Crippen LogP contribution in [-0.2, 0) is 23.2 Å². The fraction of sp³-hybridized carbons (Fsp3) is 0.214. The molecule has 0 atom stereocenters. The third kappa shape index (κ3) is 5.53. The summed E-state index contributed by atoms with van der Waals surface area (Å²) in [6.07, 6.45) is 0.0944. The van der Waals surface area contributed by atoms with Gasteiger partial charge in [0.2, 0.25) is 0 Å². The highest BCUT2D eigenvalue weighted by Crippen LogP contribution is 2.22. The van der Waals surface area contributed by atoms with Crippen molar-refractivity contribution in [1.82, 2.24) is 9.55 Å². The van der Waals surface area contributed by atoms with E-state index in [0.717, 1.165) is 5.52 Å². The molecule has 0 saturated heterocycles. The number of aromatic nitrogens is 2. The number of para-hydroxylation sites is 1. The van der Waals surface area contributed by atoms with Crippen molar-refractivity contribution in [2.24, 2.45) is 7.05 Å². The van der Waals surface area contributed by atoms with Crippen LogP contribution in [0.1, 0.15) is 35.1 Å². The molecule has 0 fully saturated rings. The Bertz CT molecular complexity index is 1410. The number of carbonyl (C=O) groups excluding carboxylic acids is 2. The van der Waals surface area contributed by atoms with Gasteiger partial charge in [-0.25, -0.2) is 4.98 Å². The smallest absolute Gasteiger partial charge is 0.307 e. The maximum Gasteiger partial charge on any atom is 0.307 e. The topological polar surface area (TPSA) is 97.5 Å². The number of rotatable bonds is 9. The van der Waals surface area contributed by atoms with Crippen LogP contribution in [0.15, 0.2) is 72.8 Å². The molecule has 0 aliphatic carbocycles. The molecule has 182 valence electrons. The van der Waals surface area contributed by atoms with Crippen molar-refractivity contribution in [3.05, 3.63) is 89.7 Å². The van der Waals surface area contributed by atoms with E-state index in [1.807, 2.05) is 48.0 Å². The van der Waals surface area contributed by atoms with Crippen molar-refractivity contribution in [2.45, 2.75) is 20.0 Å². The summed E-state index contributed by atoms with van der Waals surface area (Å²) in [6.45, 7) is 2.48. The van der Waals surface area contributed by atoms with Crippen LogP contribution in [0, 0.1) is 11.3 Å². The zero-order valence-electron chi connectivity index (χ0n) is 20.2. The summed E-state index contributed by atoms with van der Waals surface area (Å²) in [5.74, 6) is 0.755. The minimum Gasteiger partial charge on any atom is -0.486 e. The number of amides is 1. The summed E-state index contributed by atoms with van der Waals surface area (Å²) < 4.78 is 12.8. The predicted octanol–water partition coefficient (Wildman–Crippen LogP) is 4.62. The number of esters is 1. The highest BCUT2D eigenvalue weighted by atomic mass is 16.5. The van der Waals surface area contributed by atoms with Gasteiger partial charge in [0.25, 0.3) is 5.91 Å². The summed E-state index contributed by atoms with van der Waals surface area (Å²) in [4.78, 5) is 31.7. The minimum absolute atomic E-state index is 0.0944. The molecule has 1 amide bonds. The van der Waals surface area contributed by atoms with Gasteiger partial charge in [0.05, 0.1) is 35.7 Å². The Balaban J connectivity index is 1.55. The number of benzene rings is 3. The van der Waals surface area contributed by atoms with E-state index in [1.165, 1.54) is 0 Å². The lowest BCUT2D eigenvalue weighted by Crippen LogP contribution is -2.33. The molecular weight excluding hydrogens is 456 g/mol. The van der Waals surface area contributed by atoms with Gasteiger partial charge in [-0.3, -0.25) is 9.59 Å². The van der Waals surface area contributed by atoms with Crippen molar-refractivity contribution < 1.29 is 19.1 Å². The SMILES string of the molecule is CCOC(=O)CCN(C(=O)c1ccc2c(c1)nc(COc1ccc(C#N)cc1)n2C)c1ccccc1. The Labute approximate surface area is 209 Å². The second-order valence-corrected chi connectivity index (χ2v) is 8.06. The van der Waals surface area contributed by atoms with E-state index in [4.69, 9.17) is 14.7 Å². The van der Waals surface area contributed by atoms with E-state index < -0.39 is 0 Å². The summed E-state index contributed by atoms with van der Waals surface area (Å²) in [5.41, 5.74) is 3.26. The number of anilines is 1. The molecule has 0 radical (unpaired) electrons. The van der Waals surface area contributed by atoms with E-state index >= 15 is 0 Å². The van der Waals surface area contributed by atoms with E-state index in [-0.39, 0.29) is 31.4 Å². The first-order chi connectivity index (χ1) is 17.5. The van der Waals surface area contributed by atoms with Crippen LogP contribution >= 0.6 is 0 Å². The molecule has 36 heavy (non-hydrogen) atoms. The lowest BCUT2D eigenvalue weighted by Gasteiger charge is -2.22. The first kappa shape index (κ1) is 24.5. The summed E-state index contributed by atoms with van der Waals surface area (Å²) in [5, 5.41) is 8.94. The Morgan fingerprint density at radius 2 is 1.81 bits per heavy atom. The van der Waals surface area contributed by atoms with Crippen LogP contribution in [0.4, 0.5) is 5.69 Å². The molecule has 0 aliphatic heterocycles. The van der Waals surface area contributed by atoms with Crippen LogP contribution in [0.25, 0.3) is 11.0 Å². The number of hydrogen-bond acceptors (Lipinski definition) is 6. The van der Waals surface area contributed by atoms with Gasteiger partial charge in [0, 0.05) is 24.8 Å². The molecule has 0 saturated carbocycles. The van der Waals surface area contributed by atoms with Gasteiger partial charge in [-0.05, 0) is 61.5 Å². The van der Waals surface area contributed by atoms with Crippen LogP contribution in [0.5, 0.6) is 5.75 Å². The minimum atomic E-state index is -0.349. The highest BCUT2D eigenvalue weighted by Gasteiger charge is 2.20. The zero-order chi connectivity index (χ0) is 25.5. The molecule has 0 bridgehead atoms. The van der Waals surface area contributed by atoms with Crippen LogP contribution in [0.3, 0.4) is 0 Å². The number of hydrogen-bond donors (Lipinski definition) is 0. The lowest BCUT2D eigenvalue weighted by molar-refractivity contribution is -0.142. The van der Waals surface area contributed by atoms with E-state index in [2.05, 4.69) is 11.1 Å². The average molecular weight is 483 g/mol. The fourth-order valence-corrected chi connectivity index (χ4v) is 3.83. The van der Waals surface area contributed by atoms with Gasteiger partial charge in [-0.15, -0.1) is 0 Å². The Hall–Kier alpha value is -4.64. The van der Waals surface area contributed by atoms with Crippen molar-refractivity contribution >= 4 is 28.6 Å². The van der Waals surface area contributed by atoms with Gasteiger partial charge >= 0.3 is 5.97 Å². The molecule has 0 N–H and O–H groups in total. The van der Waals surface area contributed by atoms with E-state index in [0.29, 0.717) is 40.5 Å². The monoisotopic (exact) mass is 482 g/mol. The third-order valence-corrected chi connectivity index (χ3v) is 5.73. The van der Waals surface area contributed by atoms with Gasteiger partial charge in [0.1, 0.15) is 18.2 Å². The third-order valence-electron chi connectivity index (χ3n) is 5.73. The zero-order valence-corrected chi connectivity index (χ0v) is 20.2. The molecule has 4 aromatic rings. The summed E-state index contributed by atoms with van der Waals surface area (Å²) in [7, 11) is 1.89. The molecule has 4 rings (SSSR count). The molecule has 1 aromatic heterocycles. The Morgan fingerprint density at radius 1 is 1.06 bits per heavy atom. The Kier molecular flexibility index (Phi) is 7.61. The Morgan fingerprint density at radius 3 is 2.50 bits per heavy atom. The molecule has 0 aliphatic rings. The maximum atomic E-state index is 13.5. The van der Waals surface area contributed by atoms with Gasteiger partial charge in [0.15, 0.2) is 0 Å². The first-order valence-electron chi connectivity index (χ1n) is 11.6. The second kappa shape index (κ2) is 11.2. The molecule has 1 heterocycles. The lowest BCUT2D eigenvalue weighted by atomic mass is 10.1. The fourth-order valence-electron chi connectivity index (χ4n) is 3.83. The maximum absolute atomic E-state index is 13.5. The van der Waals surface area contributed by atoms with Gasteiger partial charge < -0.3 is 18.9 Å². The van der Waals surface area contributed by atoms with Crippen molar-refractivity contribution in [3.8, 4) is 11.8 Å². The normalized spacial score (nSPS) is 10.6. The first-order valence-corrected chi connectivity index (χ1v) is 11.6. The molecule has 8 heteroatoms. The molecule has 3 aromatic carbocycles. The van der Waals surface area contributed by atoms with Crippen LogP contribution in [0.2, 0.25) is 0 Å². The van der Waals surface area contributed by atoms with Crippen molar-refractivity contribution in [2.75, 3.05) is 18.1 Å². The molecule has 0 spiro atoms. The number of nitrogens with zero attached hydrogens (tertiary/aromatic N) is 4. The number of ether oxygens (including phenoxy) is 2. The molecule has 0 unspecified atom stereocenters. The number of fused-ring (bicyclic) bond motifs is 1. The number of nitriles is 1. The number of aryl methyl sites for hydroxylation is 1. The van der Waals surface area contributed by atoms with E-state index in [9.17, 15) is 9.59 Å². The second-order valence-electron chi connectivity index (χ2n) is 8.06. The molecular formula is C28H26N4O4. The summed E-state index contributed by atoms with van der Waals surface area (Å²) >= 11 is 0. The summed E-state index contributed by atoms with van der Waals surface area (Å²) in [6, 6.07) is 23.6. The van der Waals surface area contributed by atoms with Gasteiger partial charge in [-0.1, -0.05) is 18.2 Å². The predicted molar refractivity (Wildman–Crippen MR) is 136 cm³/mol. The standard InChI is InChI=1S/C28H26N4O4/c1-3-35-27(33)15-16-32(22-7-5-4-6-8-22)28(34)21-11-14-25-24(17-21)30-26(31(25)2)19-36-23-12-9-20(18-29)10-13-23/h4-14,17H,3,15-16,19H2,1-2H3. The molecule has 8 nitrogen and oxygen atoms in total. The van der Waals surface area contributed by atoms with E-state index in [1.54, 1.807) is 48.2 Å². The number of imidazole rings is 1. The van der Waals surface area contributed by atoms with Gasteiger partial charge in [-0.2, -0.15) is 5.26 Å². The van der Waals surface area contributed by atoms with Crippen LogP contribution in [-0.4, -0.2) is 34.6 Å². The average Bonchev–Trinajstić information content (AvgIpc) is 3.23. The van der Waals surface area contributed by atoms with Crippen molar-refractivity contribution in [3.63, 3.8) is 0 Å². The highest BCUT2D eigenvalue weighted by molar-refractivity contribution is 6.07. The quantitative estimate of drug-likeness (QED) is 0.323. The largest absolute Gasteiger partial charge is 0.486 e. The van der Waals surface area contributed by atoms with Crippen LogP contribution < -0.4 is 9.64 Å². The van der Waals surface area contributed by atoms with Crippen molar-refractivity contribution in [1.29, 1.82) is 5.26 Å². The number of carbonyl (C=O) groups is 2.